The minimum absolute atomic E-state index is 0.0797. The van der Waals surface area contributed by atoms with Crippen LogP contribution in [0.4, 0.5) is 0 Å². The van der Waals surface area contributed by atoms with Gasteiger partial charge in [-0.3, -0.25) is 14.5 Å². The molecule has 40 heavy (non-hydrogen) atoms. The van der Waals surface area contributed by atoms with Crippen LogP contribution in [0.5, 0.6) is 0 Å². The smallest absolute Gasteiger partial charge is 0.251 e. The Kier molecular flexibility index (Phi) is 9.34. The van der Waals surface area contributed by atoms with Gasteiger partial charge in [0, 0.05) is 49.5 Å². The summed E-state index contributed by atoms with van der Waals surface area (Å²) in [5.74, 6) is -0.207. The van der Waals surface area contributed by atoms with E-state index in [2.05, 4.69) is 46.6 Å². The first-order valence-electron chi connectivity index (χ1n) is 13.9. The van der Waals surface area contributed by atoms with Gasteiger partial charge in [-0.15, -0.1) is 0 Å². The zero-order valence-electron chi connectivity index (χ0n) is 23.0. The quantitative estimate of drug-likeness (QED) is 0.199. The number of benzene rings is 4. The summed E-state index contributed by atoms with van der Waals surface area (Å²) in [6, 6.07) is 29.4. The van der Waals surface area contributed by atoms with Crippen molar-refractivity contribution < 1.29 is 19.1 Å². The Morgan fingerprint density at radius 1 is 0.775 bits per heavy atom. The molecule has 0 unspecified atom stereocenters. The molecule has 0 saturated carbocycles. The molecule has 1 amide bonds. The van der Waals surface area contributed by atoms with Crippen molar-refractivity contribution in [3.8, 4) is 0 Å². The first-order chi connectivity index (χ1) is 19.6. The number of hydrogen-bond acceptors (Lipinski definition) is 5. The van der Waals surface area contributed by atoms with E-state index in [1.165, 1.54) is 16.3 Å². The summed E-state index contributed by atoms with van der Waals surface area (Å²) in [5, 5.41) is 5.63. The van der Waals surface area contributed by atoms with Gasteiger partial charge in [-0.25, -0.2) is 0 Å². The highest BCUT2D eigenvalue weighted by atomic mass is 16.5. The molecule has 1 heterocycles. The fraction of sp³-hybridized carbons (Fsp3) is 0.294. The Balaban J connectivity index is 1.13. The lowest BCUT2D eigenvalue weighted by Crippen LogP contribution is -2.44. The molecule has 6 heteroatoms. The van der Waals surface area contributed by atoms with Gasteiger partial charge in [-0.05, 0) is 59.0 Å². The van der Waals surface area contributed by atoms with E-state index in [0.717, 1.165) is 38.0 Å². The minimum Gasteiger partial charge on any atom is -0.382 e. The molecule has 5 rings (SSSR count). The summed E-state index contributed by atoms with van der Waals surface area (Å²) in [4.78, 5) is 28.2. The predicted octanol–water partition coefficient (Wildman–Crippen LogP) is 5.63. The van der Waals surface area contributed by atoms with E-state index < -0.39 is 0 Å². The second kappa shape index (κ2) is 13.5. The van der Waals surface area contributed by atoms with Gasteiger partial charge in [0.15, 0.2) is 5.78 Å². The number of methoxy groups -OCH3 is 1. The first kappa shape index (κ1) is 27.7. The molecule has 206 valence electrons. The van der Waals surface area contributed by atoms with Crippen molar-refractivity contribution >= 4 is 22.5 Å². The molecular formula is C34H36N2O4. The molecule has 0 aliphatic carbocycles. The number of ketones is 1. The third kappa shape index (κ3) is 7.21. The van der Waals surface area contributed by atoms with Gasteiger partial charge in [0.1, 0.15) is 0 Å². The highest BCUT2D eigenvalue weighted by Gasteiger charge is 2.22. The molecule has 1 saturated heterocycles. The fourth-order valence-electron chi connectivity index (χ4n) is 5.19. The number of carbonyl (C=O) groups is 2. The lowest BCUT2D eigenvalue weighted by Gasteiger charge is -2.32. The third-order valence-corrected chi connectivity index (χ3v) is 7.42. The van der Waals surface area contributed by atoms with E-state index in [-0.39, 0.29) is 17.7 Å². The molecule has 4 aromatic rings. The van der Waals surface area contributed by atoms with Crippen molar-refractivity contribution in [2.24, 2.45) is 0 Å². The number of amides is 1. The highest BCUT2D eigenvalue weighted by molar-refractivity contribution is 6.10. The Bertz CT molecular complexity index is 1450. The molecule has 1 N–H and O–H groups in total. The monoisotopic (exact) mass is 536 g/mol. The predicted molar refractivity (Wildman–Crippen MR) is 158 cm³/mol. The maximum absolute atomic E-state index is 13.0. The van der Waals surface area contributed by atoms with E-state index in [1.54, 1.807) is 43.5 Å². The van der Waals surface area contributed by atoms with Crippen LogP contribution in [0.2, 0.25) is 0 Å². The number of carbonyl (C=O) groups excluding carboxylic acids is 2. The second-order valence-electron chi connectivity index (χ2n) is 10.4. The van der Waals surface area contributed by atoms with Gasteiger partial charge >= 0.3 is 0 Å². The summed E-state index contributed by atoms with van der Waals surface area (Å²) in [6.45, 7) is 4.49. The average Bonchev–Trinajstić information content (AvgIpc) is 3.00. The van der Waals surface area contributed by atoms with Crippen molar-refractivity contribution in [3.05, 3.63) is 119 Å². The van der Waals surface area contributed by atoms with Crippen LogP contribution in [0.15, 0.2) is 91.0 Å². The first-order valence-corrected chi connectivity index (χ1v) is 13.9. The van der Waals surface area contributed by atoms with Crippen LogP contribution in [0, 0.1) is 0 Å². The molecule has 0 spiro atoms. The van der Waals surface area contributed by atoms with Gasteiger partial charge in [0.2, 0.25) is 0 Å². The van der Waals surface area contributed by atoms with Crippen molar-refractivity contribution in [3.63, 3.8) is 0 Å². The maximum atomic E-state index is 13.0. The normalized spacial score (nSPS) is 14.3. The number of fused-ring (bicyclic) bond motifs is 1. The zero-order chi connectivity index (χ0) is 27.7. The SMILES string of the molecule is COCCOCc1ccc2ccc(CN3CCC(NC(=O)c4cccc(C(=O)c5ccccc5)c4)CC3)cc2c1. The number of hydrogen-bond donors (Lipinski definition) is 1. The number of nitrogens with one attached hydrogen (secondary N) is 1. The molecule has 0 atom stereocenters. The number of nitrogens with zero attached hydrogens (tertiary/aromatic N) is 1. The van der Waals surface area contributed by atoms with Crippen LogP contribution in [-0.2, 0) is 22.6 Å². The molecule has 0 radical (unpaired) electrons. The summed E-state index contributed by atoms with van der Waals surface area (Å²) in [7, 11) is 1.68. The van der Waals surface area contributed by atoms with Crippen LogP contribution in [0.3, 0.4) is 0 Å². The minimum atomic E-state index is -0.127. The van der Waals surface area contributed by atoms with Gasteiger partial charge < -0.3 is 14.8 Å². The molecular weight excluding hydrogens is 500 g/mol. The number of rotatable bonds is 11. The lowest BCUT2D eigenvalue weighted by atomic mass is 10.00. The lowest BCUT2D eigenvalue weighted by molar-refractivity contribution is 0.0617. The largest absolute Gasteiger partial charge is 0.382 e. The van der Waals surface area contributed by atoms with Gasteiger partial charge in [-0.2, -0.15) is 0 Å². The Labute approximate surface area is 235 Å². The Hall–Kier alpha value is -3.84. The number of ether oxygens (including phenoxy) is 2. The van der Waals surface area contributed by atoms with E-state index in [4.69, 9.17) is 9.47 Å². The molecule has 0 aromatic heterocycles. The van der Waals surface area contributed by atoms with Gasteiger partial charge in [-0.1, -0.05) is 66.7 Å². The molecule has 1 aliphatic rings. The highest BCUT2D eigenvalue weighted by Crippen LogP contribution is 2.21. The van der Waals surface area contributed by atoms with Crippen LogP contribution in [-0.4, -0.2) is 56.0 Å². The Morgan fingerprint density at radius 3 is 2.25 bits per heavy atom. The van der Waals surface area contributed by atoms with Crippen molar-refractivity contribution in [2.75, 3.05) is 33.4 Å². The van der Waals surface area contributed by atoms with E-state index >= 15 is 0 Å². The summed E-state index contributed by atoms with van der Waals surface area (Å²) >= 11 is 0. The standard InChI is InChI=1S/C34H36N2O4/c1-39-18-19-40-24-26-11-13-27-12-10-25(20-31(27)21-26)23-36-16-14-32(15-17-36)35-34(38)30-9-5-8-29(22-30)33(37)28-6-3-2-4-7-28/h2-13,20-22,32H,14-19,23-24H2,1H3,(H,35,38). The molecule has 1 fully saturated rings. The summed E-state index contributed by atoms with van der Waals surface area (Å²) in [5.41, 5.74) is 4.10. The van der Waals surface area contributed by atoms with Gasteiger partial charge in [0.25, 0.3) is 5.91 Å². The van der Waals surface area contributed by atoms with Crippen molar-refractivity contribution in [1.82, 2.24) is 10.2 Å². The zero-order valence-corrected chi connectivity index (χ0v) is 23.0. The average molecular weight is 537 g/mol. The molecule has 0 bridgehead atoms. The number of piperidine rings is 1. The molecule has 6 nitrogen and oxygen atoms in total. The topological polar surface area (TPSA) is 67.9 Å². The molecule has 1 aliphatic heterocycles. The maximum Gasteiger partial charge on any atom is 0.251 e. The molecule has 4 aromatic carbocycles. The van der Waals surface area contributed by atoms with Crippen molar-refractivity contribution in [2.45, 2.75) is 32.0 Å². The van der Waals surface area contributed by atoms with E-state index in [9.17, 15) is 9.59 Å². The number of likely N-dealkylation sites (tertiary alicyclic amines) is 1. The van der Waals surface area contributed by atoms with Crippen LogP contribution in [0.1, 0.15) is 50.2 Å². The second-order valence-corrected chi connectivity index (χ2v) is 10.4. The fourth-order valence-corrected chi connectivity index (χ4v) is 5.19. The van der Waals surface area contributed by atoms with Crippen LogP contribution in [0.25, 0.3) is 10.8 Å². The third-order valence-electron chi connectivity index (χ3n) is 7.42. The summed E-state index contributed by atoms with van der Waals surface area (Å²) < 4.78 is 10.7. The summed E-state index contributed by atoms with van der Waals surface area (Å²) in [6.07, 6.45) is 1.79. The Morgan fingerprint density at radius 2 is 1.48 bits per heavy atom. The van der Waals surface area contributed by atoms with Crippen LogP contribution >= 0.6 is 0 Å². The van der Waals surface area contributed by atoms with E-state index in [1.807, 2.05) is 18.2 Å². The van der Waals surface area contributed by atoms with E-state index in [0.29, 0.717) is 36.5 Å². The van der Waals surface area contributed by atoms with Crippen LogP contribution < -0.4 is 5.32 Å². The van der Waals surface area contributed by atoms with Crippen molar-refractivity contribution in [1.29, 1.82) is 0 Å². The van der Waals surface area contributed by atoms with Gasteiger partial charge in [0.05, 0.1) is 19.8 Å².